The third kappa shape index (κ3) is 3.76. The Bertz CT molecular complexity index is 726. The highest BCUT2D eigenvalue weighted by molar-refractivity contribution is 7.10. The molecule has 4 nitrogen and oxygen atoms in total. The molecular weight excluding hydrogens is 349 g/mol. The van der Waals surface area contributed by atoms with Crippen LogP contribution in [0.3, 0.4) is 0 Å². The van der Waals surface area contributed by atoms with Crippen molar-refractivity contribution in [2.75, 3.05) is 44.2 Å². The van der Waals surface area contributed by atoms with Crippen LogP contribution in [0.25, 0.3) is 0 Å². The summed E-state index contributed by atoms with van der Waals surface area (Å²) in [6, 6.07) is 11.3. The molecule has 0 radical (unpaired) electrons. The van der Waals surface area contributed by atoms with Gasteiger partial charge in [-0.1, -0.05) is 6.07 Å². The topological polar surface area (TPSA) is 26.8 Å². The molecule has 0 N–H and O–H groups in total. The van der Waals surface area contributed by atoms with Gasteiger partial charge in [0.25, 0.3) is 0 Å². The molecule has 1 aromatic carbocycles. The molecule has 2 saturated heterocycles. The molecule has 0 saturated carbocycles. The number of carbonyl (C=O) groups is 1. The number of anilines is 1. The average molecular weight is 373 g/mol. The number of hydrogen-bond acceptors (Lipinski definition) is 4. The molecule has 2 fully saturated rings. The zero-order valence-electron chi connectivity index (χ0n) is 14.8. The van der Waals surface area contributed by atoms with E-state index in [1.807, 2.05) is 17.0 Å². The van der Waals surface area contributed by atoms with E-state index in [1.54, 1.807) is 11.3 Å². The number of halogens is 1. The van der Waals surface area contributed by atoms with Gasteiger partial charge in [-0.15, -0.1) is 11.3 Å². The highest BCUT2D eigenvalue weighted by Gasteiger charge is 2.30. The van der Waals surface area contributed by atoms with Crippen molar-refractivity contribution in [1.29, 1.82) is 0 Å². The number of amides is 1. The minimum Gasteiger partial charge on any atom is -0.368 e. The lowest BCUT2D eigenvalue weighted by Gasteiger charge is -2.37. The zero-order valence-corrected chi connectivity index (χ0v) is 15.6. The number of hydrogen-bond donors (Lipinski definition) is 0. The summed E-state index contributed by atoms with van der Waals surface area (Å²) in [5.41, 5.74) is 1.02. The summed E-state index contributed by atoms with van der Waals surface area (Å²) >= 11 is 1.79. The van der Waals surface area contributed by atoms with Crippen molar-refractivity contribution in [1.82, 2.24) is 9.80 Å². The number of benzene rings is 1. The van der Waals surface area contributed by atoms with Gasteiger partial charge in [-0.2, -0.15) is 0 Å². The maximum atomic E-state index is 13.1. The van der Waals surface area contributed by atoms with Crippen LogP contribution in [0.4, 0.5) is 10.1 Å². The number of likely N-dealkylation sites (tertiary alicyclic amines) is 1. The largest absolute Gasteiger partial charge is 0.368 e. The molecule has 1 aromatic heterocycles. The lowest BCUT2D eigenvalue weighted by atomic mass is 10.2. The Kier molecular flexibility index (Phi) is 5.22. The number of piperazine rings is 1. The SMILES string of the molecule is O=C(CN1CCCC1c1cccs1)N1CCN(c2ccc(F)cc2)CC1. The minimum atomic E-state index is -0.214. The molecule has 6 heteroatoms. The molecule has 0 aliphatic carbocycles. The van der Waals surface area contributed by atoms with Crippen LogP contribution >= 0.6 is 11.3 Å². The predicted octanol–water partition coefficient (Wildman–Crippen LogP) is 3.37. The summed E-state index contributed by atoms with van der Waals surface area (Å²) in [4.78, 5) is 20.7. The van der Waals surface area contributed by atoms with E-state index in [-0.39, 0.29) is 11.7 Å². The number of thiophene rings is 1. The second-order valence-electron chi connectivity index (χ2n) is 6.99. The van der Waals surface area contributed by atoms with Gasteiger partial charge in [0.2, 0.25) is 5.91 Å². The van der Waals surface area contributed by atoms with E-state index >= 15 is 0 Å². The van der Waals surface area contributed by atoms with Crippen LogP contribution in [-0.4, -0.2) is 55.0 Å². The third-order valence-electron chi connectivity index (χ3n) is 5.40. The van der Waals surface area contributed by atoms with Gasteiger partial charge in [0.15, 0.2) is 0 Å². The van der Waals surface area contributed by atoms with Crippen molar-refractivity contribution >= 4 is 22.9 Å². The van der Waals surface area contributed by atoms with E-state index in [0.29, 0.717) is 12.6 Å². The Morgan fingerprint density at radius 1 is 1.08 bits per heavy atom. The minimum absolute atomic E-state index is 0.214. The molecular formula is C20H24FN3OS. The molecule has 3 heterocycles. The maximum absolute atomic E-state index is 13.1. The second-order valence-corrected chi connectivity index (χ2v) is 7.97. The molecule has 0 spiro atoms. The van der Waals surface area contributed by atoms with Gasteiger partial charge in [-0.3, -0.25) is 9.69 Å². The third-order valence-corrected chi connectivity index (χ3v) is 6.37. The lowest BCUT2D eigenvalue weighted by molar-refractivity contribution is -0.133. The molecule has 1 atom stereocenters. The summed E-state index contributed by atoms with van der Waals surface area (Å²) in [7, 11) is 0. The van der Waals surface area contributed by atoms with E-state index in [9.17, 15) is 9.18 Å². The van der Waals surface area contributed by atoms with Crippen LogP contribution in [0.1, 0.15) is 23.8 Å². The standard InChI is InChI=1S/C20H24FN3OS/c21-16-5-7-17(8-6-16)22-10-12-23(13-11-22)20(25)15-24-9-1-3-18(24)19-4-2-14-26-19/h2,4-8,14,18H,1,3,9-13,15H2. The van der Waals surface area contributed by atoms with Crippen LogP contribution in [0.15, 0.2) is 41.8 Å². The van der Waals surface area contributed by atoms with Gasteiger partial charge >= 0.3 is 0 Å². The van der Waals surface area contributed by atoms with Gasteiger partial charge in [-0.25, -0.2) is 4.39 Å². The normalized spacial score (nSPS) is 21.3. The first-order chi connectivity index (χ1) is 12.7. The van der Waals surface area contributed by atoms with Gasteiger partial charge < -0.3 is 9.80 Å². The van der Waals surface area contributed by atoms with E-state index < -0.39 is 0 Å². The van der Waals surface area contributed by atoms with Crippen LogP contribution in [0, 0.1) is 5.82 Å². The molecule has 1 amide bonds. The quantitative estimate of drug-likeness (QED) is 0.822. The van der Waals surface area contributed by atoms with Crippen LogP contribution < -0.4 is 4.90 Å². The number of rotatable bonds is 4. The zero-order chi connectivity index (χ0) is 17.9. The van der Waals surface area contributed by atoms with Crippen molar-refractivity contribution in [3.8, 4) is 0 Å². The highest BCUT2D eigenvalue weighted by Crippen LogP contribution is 2.34. The first kappa shape index (κ1) is 17.5. The molecule has 2 aromatic rings. The Hall–Kier alpha value is -1.92. The van der Waals surface area contributed by atoms with Crippen LogP contribution in [0.5, 0.6) is 0 Å². The molecule has 138 valence electrons. The fourth-order valence-corrected chi connectivity index (χ4v) is 4.85. The number of nitrogens with zero attached hydrogens (tertiary/aromatic N) is 3. The molecule has 2 aliphatic heterocycles. The molecule has 0 bridgehead atoms. The first-order valence-electron chi connectivity index (χ1n) is 9.26. The first-order valence-corrected chi connectivity index (χ1v) is 10.1. The van der Waals surface area contributed by atoms with E-state index in [2.05, 4.69) is 27.3 Å². The maximum Gasteiger partial charge on any atom is 0.236 e. The fourth-order valence-electron chi connectivity index (χ4n) is 3.96. The Labute approximate surface area is 157 Å². The average Bonchev–Trinajstić information content (AvgIpc) is 3.34. The monoisotopic (exact) mass is 373 g/mol. The summed E-state index contributed by atoms with van der Waals surface area (Å²) < 4.78 is 13.1. The Morgan fingerprint density at radius 2 is 1.85 bits per heavy atom. The summed E-state index contributed by atoms with van der Waals surface area (Å²) in [5.74, 6) is 0.0145. The van der Waals surface area contributed by atoms with Crippen molar-refractivity contribution in [3.05, 3.63) is 52.5 Å². The van der Waals surface area contributed by atoms with Crippen molar-refractivity contribution in [2.24, 2.45) is 0 Å². The van der Waals surface area contributed by atoms with Crippen molar-refractivity contribution < 1.29 is 9.18 Å². The molecule has 1 unspecified atom stereocenters. The molecule has 26 heavy (non-hydrogen) atoms. The van der Waals surface area contributed by atoms with Gasteiger partial charge in [0.1, 0.15) is 5.82 Å². The summed E-state index contributed by atoms with van der Waals surface area (Å²) in [5, 5.41) is 2.11. The summed E-state index contributed by atoms with van der Waals surface area (Å²) in [6.07, 6.45) is 2.31. The van der Waals surface area contributed by atoms with Gasteiger partial charge in [-0.05, 0) is 55.1 Å². The second kappa shape index (κ2) is 7.76. The van der Waals surface area contributed by atoms with Crippen molar-refractivity contribution in [2.45, 2.75) is 18.9 Å². The Morgan fingerprint density at radius 3 is 2.54 bits per heavy atom. The predicted molar refractivity (Wildman–Crippen MR) is 103 cm³/mol. The van der Waals surface area contributed by atoms with Crippen LogP contribution in [0.2, 0.25) is 0 Å². The van der Waals surface area contributed by atoms with E-state index in [4.69, 9.17) is 0 Å². The van der Waals surface area contributed by atoms with Gasteiger partial charge in [0.05, 0.1) is 6.54 Å². The smallest absolute Gasteiger partial charge is 0.236 e. The molecule has 4 rings (SSSR count). The fraction of sp³-hybridized carbons (Fsp3) is 0.450. The van der Waals surface area contributed by atoms with Crippen molar-refractivity contribution in [3.63, 3.8) is 0 Å². The number of carbonyl (C=O) groups excluding carboxylic acids is 1. The Balaban J connectivity index is 1.31. The lowest BCUT2D eigenvalue weighted by Crippen LogP contribution is -2.51. The molecule has 2 aliphatic rings. The van der Waals surface area contributed by atoms with E-state index in [0.717, 1.165) is 51.3 Å². The van der Waals surface area contributed by atoms with E-state index in [1.165, 1.54) is 17.0 Å². The highest BCUT2D eigenvalue weighted by atomic mass is 32.1. The van der Waals surface area contributed by atoms with Gasteiger partial charge in [0, 0.05) is 42.8 Å². The summed E-state index contributed by atoms with van der Waals surface area (Å²) in [6.45, 7) is 4.57. The van der Waals surface area contributed by atoms with Crippen LogP contribution in [-0.2, 0) is 4.79 Å².